The Morgan fingerprint density at radius 3 is 2.73 bits per heavy atom. The Morgan fingerprint density at radius 1 is 1.23 bits per heavy atom. The summed E-state index contributed by atoms with van der Waals surface area (Å²) >= 11 is 0. The van der Waals surface area contributed by atoms with Gasteiger partial charge in [-0.2, -0.15) is 0 Å². The minimum absolute atomic E-state index is 0.163. The van der Waals surface area contributed by atoms with Crippen LogP contribution < -0.4 is 10.9 Å². The van der Waals surface area contributed by atoms with E-state index in [4.69, 9.17) is 5.11 Å². The monoisotopic (exact) mass is 300 g/mol. The molecule has 3 rings (SSSR count). The summed E-state index contributed by atoms with van der Waals surface area (Å²) in [5, 5.41) is 13.0. The number of carbonyl (C=O) groups is 2. The van der Waals surface area contributed by atoms with Gasteiger partial charge in [0.05, 0.1) is 5.92 Å². The summed E-state index contributed by atoms with van der Waals surface area (Å²) in [5.74, 6) is -1.60. The van der Waals surface area contributed by atoms with Crippen molar-refractivity contribution in [1.29, 1.82) is 0 Å². The molecule has 0 spiro atoms. The fourth-order valence-corrected chi connectivity index (χ4v) is 2.93. The lowest BCUT2D eigenvalue weighted by Gasteiger charge is -2.12. The Kier molecular flexibility index (Phi) is 3.66. The number of carboxylic acid groups (broad SMARTS) is 1. The molecule has 1 aromatic heterocycles. The summed E-state index contributed by atoms with van der Waals surface area (Å²) in [7, 11) is 0. The summed E-state index contributed by atoms with van der Waals surface area (Å²) in [4.78, 5) is 37.7. The van der Waals surface area contributed by atoms with Crippen molar-refractivity contribution in [3.8, 4) is 0 Å². The minimum atomic E-state index is -0.823. The van der Waals surface area contributed by atoms with Crippen LogP contribution in [0.5, 0.6) is 0 Å². The number of carbonyl (C=O) groups excluding carboxylic acids is 1. The van der Waals surface area contributed by atoms with Gasteiger partial charge in [-0.25, -0.2) is 0 Å². The van der Waals surface area contributed by atoms with Crippen LogP contribution in [-0.2, 0) is 4.79 Å². The number of H-pyrrole nitrogens is 1. The highest BCUT2D eigenvalue weighted by Gasteiger charge is 2.30. The zero-order valence-electron chi connectivity index (χ0n) is 11.8. The predicted molar refractivity (Wildman–Crippen MR) is 80.8 cm³/mol. The lowest BCUT2D eigenvalue weighted by molar-refractivity contribution is -0.141. The van der Waals surface area contributed by atoms with Crippen LogP contribution in [-0.4, -0.2) is 28.0 Å². The first-order chi connectivity index (χ1) is 10.5. The van der Waals surface area contributed by atoms with E-state index in [2.05, 4.69) is 10.3 Å². The maximum Gasteiger partial charge on any atom is 0.306 e. The number of fused-ring (bicyclic) bond motifs is 1. The van der Waals surface area contributed by atoms with Gasteiger partial charge in [0.1, 0.15) is 5.69 Å². The maximum absolute atomic E-state index is 12.2. The summed E-state index contributed by atoms with van der Waals surface area (Å²) in [6, 6.07) is 8.51. The summed E-state index contributed by atoms with van der Waals surface area (Å²) in [6.07, 6.45) is 1.63. The van der Waals surface area contributed by atoms with Gasteiger partial charge in [-0.05, 0) is 36.8 Å². The van der Waals surface area contributed by atoms with Gasteiger partial charge in [0.15, 0.2) is 0 Å². The Labute approximate surface area is 126 Å². The number of aromatic nitrogens is 1. The number of carboxylic acids is 1. The van der Waals surface area contributed by atoms with Crippen LogP contribution in [0.4, 0.5) is 0 Å². The van der Waals surface area contributed by atoms with Gasteiger partial charge in [0.25, 0.3) is 11.5 Å². The van der Waals surface area contributed by atoms with Gasteiger partial charge in [0, 0.05) is 11.4 Å². The van der Waals surface area contributed by atoms with E-state index in [0.717, 1.165) is 0 Å². The third-order valence-corrected chi connectivity index (χ3v) is 4.12. The number of hydrogen-bond donors (Lipinski definition) is 3. The molecule has 2 atom stereocenters. The largest absolute Gasteiger partial charge is 0.481 e. The average molecular weight is 300 g/mol. The number of hydrogen-bond acceptors (Lipinski definition) is 3. The van der Waals surface area contributed by atoms with Crippen molar-refractivity contribution < 1.29 is 14.7 Å². The van der Waals surface area contributed by atoms with E-state index >= 15 is 0 Å². The van der Waals surface area contributed by atoms with E-state index in [0.29, 0.717) is 30.0 Å². The van der Waals surface area contributed by atoms with Crippen LogP contribution >= 0.6 is 0 Å². The van der Waals surface area contributed by atoms with Crippen molar-refractivity contribution in [2.24, 2.45) is 5.92 Å². The van der Waals surface area contributed by atoms with Crippen LogP contribution in [0.3, 0.4) is 0 Å². The number of pyridine rings is 1. The molecule has 22 heavy (non-hydrogen) atoms. The summed E-state index contributed by atoms with van der Waals surface area (Å²) in [6.45, 7) is 0. The number of amides is 1. The first kappa shape index (κ1) is 14.3. The van der Waals surface area contributed by atoms with E-state index in [1.807, 2.05) is 0 Å². The van der Waals surface area contributed by atoms with Crippen molar-refractivity contribution in [3.63, 3.8) is 0 Å². The number of aromatic amines is 1. The van der Waals surface area contributed by atoms with E-state index in [1.54, 1.807) is 30.3 Å². The molecule has 6 heteroatoms. The van der Waals surface area contributed by atoms with E-state index in [9.17, 15) is 14.4 Å². The number of nitrogens with one attached hydrogen (secondary N) is 2. The highest BCUT2D eigenvalue weighted by atomic mass is 16.4. The number of aliphatic carboxylic acids is 1. The van der Waals surface area contributed by atoms with Crippen LogP contribution in [0.1, 0.15) is 29.8 Å². The Bertz CT molecular complexity index is 796. The van der Waals surface area contributed by atoms with Crippen LogP contribution in [0.25, 0.3) is 10.8 Å². The van der Waals surface area contributed by atoms with Crippen molar-refractivity contribution in [1.82, 2.24) is 10.3 Å². The standard InChI is InChI=1S/C16H16N2O4/c19-14-12-4-2-1-3-9(12)8-13(18-14)15(20)17-11-6-5-10(7-11)16(21)22/h1-4,8,10-11H,5-7H2,(H,17,20)(H,18,19)(H,21,22)/t10-,11+/m1/s1. The minimum Gasteiger partial charge on any atom is -0.481 e. The molecule has 0 saturated heterocycles. The first-order valence-electron chi connectivity index (χ1n) is 7.20. The Morgan fingerprint density at radius 2 is 2.00 bits per heavy atom. The SMILES string of the molecule is O=C(N[C@H]1CC[C@@H](C(=O)O)C1)c1cc2ccccc2c(=O)[nH]1. The fraction of sp³-hybridized carbons (Fsp3) is 0.312. The Hall–Kier alpha value is -2.63. The van der Waals surface area contributed by atoms with Crippen molar-refractivity contribution in [3.05, 3.63) is 46.4 Å². The maximum atomic E-state index is 12.2. The lowest BCUT2D eigenvalue weighted by atomic mass is 10.1. The molecule has 0 unspecified atom stereocenters. The molecule has 2 aromatic rings. The van der Waals surface area contributed by atoms with Crippen molar-refractivity contribution >= 4 is 22.6 Å². The van der Waals surface area contributed by atoms with Gasteiger partial charge in [-0.15, -0.1) is 0 Å². The number of benzene rings is 1. The average Bonchev–Trinajstić information content (AvgIpc) is 2.96. The quantitative estimate of drug-likeness (QED) is 0.800. The molecule has 1 heterocycles. The molecule has 3 N–H and O–H groups in total. The molecule has 0 aliphatic heterocycles. The second-order valence-electron chi connectivity index (χ2n) is 5.62. The smallest absolute Gasteiger partial charge is 0.306 e. The second-order valence-corrected chi connectivity index (χ2v) is 5.62. The van der Waals surface area contributed by atoms with Crippen molar-refractivity contribution in [2.75, 3.05) is 0 Å². The molecule has 1 saturated carbocycles. The van der Waals surface area contributed by atoms with E-state index in [1.165, 1.54) is 0 Å². The lowest BCUT2D eigenvalue weighted by Crippen LogP contribution is -2.34. The molecule has 1 fully saturated rings. The van der Waals surface area contributed by atoms with Crippen molar-refractivity contribution in [2.45, 2.75) is 25.3 Å². The van der Waals surface area contributed by atoms with Gasteiger partial charge in [-0.3, -0.25) is 14.4 Å². The zero-order valence-corrected chi connectivity index (χ0v) is 11.8. The molecular formula is C16H16N2O4. The molecule has 1 amide bonds. The van der Waals surface area contributed by atoms with Gasteiger partial charge in [0.2, 0.25) is 0 Å². The summed E-state index contributed by atoms with van der Waals surface area (Å²) < 4.78 is 0. The number of rotatable bonds is 3. The van der Waals surface area contributed by atoms with Gasteiger partial charge in [-0.1, -0.05) is 18.2 Å². The van der Waals surface area contributed by atoms with E-state index in [-0.39, 0.29) is 23.2 Å². The molecule has 1 aliphatic carbocycles. The van der Waals surface area contributed by atoms with E-state index < -0.39 is 11.9 Å². The fourth-order valence-electron chi connectivity index (χ4n) is 2.93. The molecule has 114 valence electrons. The normalized spacial score (nSPS) is 20.9. The molecule has 0 radical (unpaired) electrons. The van der Waals surface area contributed by atoms with Crippen LogP contribution in [0.15, 0.2) is 35.1 Å². The molecular weight excluding hydrogens is 284 g/mol. The van der Waals surface area contributed by atoms with Crippen LogP contribution in [0.2, 0.25) is 0 Å². The van der Waals surface area contributed by atoms with Crippen LogP contribution in [0, 0.1) is 5.92 Å². The molecule has 0 bridgehead atoms. The molecule has 1 aliphatic rings. The van der Waals surface area contributed by atoms with Gasteiger partial charge >= 0.3 is 5.97 Å². The highest BCUT2D eigenvalue weighted by Crippen LogP contribution is 2.25. The summed E-state index contributed by atoms with van der Waals surface area (Å²) in [5.41, 5.74) is -0.111. The molecule has 6 nitrogen and oxygen atoms in total. The topological polar surface area (TPSA) is 99.3 Å². The molecule has 1 aromatic carbocycles. The predicted octanol–water partition coefficient (Wildman–Crippen LogP) is 1.51. The second kappa shape index (κ2) is 5.63. The Balaban J connectivity index is 1.78. The highest BCUT2D eigenvalue weighted by molar-refractivity contribution is 5.96. The first-order valence-corrected chi connectivity index (χ1v) is 7.20. The van der Waals surface area contributed by atoms with Gasteiger partial charge < -0.3 is 15.4 Å². The third-order valence-electron chi connectivity index (χ3n) is 4.12. The third kappa shape index (κ3) is 2.72. The zero-order chi connectivity index (χ0) is 15.7.